The number of fused-ring (bicyclic) bond motifs is 5. The molecule has 0 fully saturated rings. The van der Waals surface area contributed by atoms with E-state index in [4.69, 9.17) is 4.74 Å². The zero-order chi connectivity index (χ0) is 20.2. The molecule has 8 heteroatoms. The van der Waals surface area contributed by atoms with Gasteiger partial charge in [0.15, 0.2) is 5.43 Å². The molecule has 146 valence electrons. The normalized spacial score (nSPS) is 15.9. The first-order chi connectivity index (χ1) is 13.3. The average molecular weight is 383 g/mol. The van der Waals surface area contributed by atoms with Crippen LogP contribution in [0.2, 0.25) is 0 Å². The molecule has 1 aliphatic heterocycles. The van der Waals surface area contributed by atoms with E-state index in [2.05, 4.69) is 5.10 Å². The molecule has 1 aliphatic rings. The molecule has 0 amide bonds. The van der Waals surface area contributed by atoms with Crippen LogP contribution in [0.25, 0.3) is 22.3 Å². The number of pyridine rings is 1. The van der Waals surface area contributed by atoms with E-state index in [1.807, 2.05) is 36.7 Å². The van der Waals surface area contributed by atoms with Crippen molar-refractivity contribution in [3.8, 4) is 17.1 Å². The Kier molecular flexibility index (Phi) is 4.04. The summed E-state index contributed by atoms with van der Waals surface area (Å²) in [5, 5.41) is 24.8. The van der Waals surface area contributed by atoms with Crippen molar-refractivity contribution in [2.75, 3.05) is 13.7 Å². The molecule has 0 radical (unpaired) electrons. The lowest BCUT2D eigenvalue weighted by Crippen LogP contribution is -2.38. The van der Waals surface area contributed by atoms with Crippen LogP contribution in [-0.4, -0.2) is 44.2 Å². The number of aliphatic hydroxyl groups excluding tert-OH is 1. The standard InChI is InChI=1S/C20H21N3O5/c1-20(2,10-24)16-9-23-18(11-5-4-6-15(28-3)17(11)21-23)13-7-14(25)12(19(26)27)8-22(13)16/h4-8,16,24H,9-10H2,1-3H3,(H,26,27). The van der Waals surface area contributed by atoms with Crippen LogP contribution in [0.5, 0.6) is 5.75 Å². The fourth-order valence-corrected chi connectivity index (χ4v) is 3.83. The largest absolute Gasteiger partial charge is 0.494 e. The highest BCUT2D eigenvalue weighted by molar-refractivity contribution is 5.96. The predicted octanol–water partition coefficient (Wildman–Crippen LogP) is 2.14. The first-order valence-electron chi connectivity index (χ1n) is 8.92. The lowest BCUT2D eigenvalue weighted by molar-refractivity contribution is 0.0689. The topological polar surface area (TPSA) is 107 Å². The number of rotatable bonds is 4. The minimum atomic E-state index is -1.27. The number of carboxylic acid groups (broad SMARTS) is 1. The van der Waals surface area contributed by atoms with E-state index in [1.54, 1.807) is 11.7 Å². The minimum Gasteiger partial charge on any atom is -0.494 e. The number of aromatic carboxylic acids is 1. The molecule has 0 spiro atoms. The second-order valence-corrected chi connectivity index (χ2v) is 7.70. The molecule has 0 bridgehead atoms. The van der Waals surface area contributed by atoms with Gasteiger partial charge < -0.3 is 19.5 Å². The monoisotopic (exact) mass is 383 g/mol. The van der Waals surface area contributed by atoms with Gasteiger partial charge >= 0.3 is 5.97 Å². The number of carboxylic acids is 1. The van der Waals surface area contributed by atoms with Crippen LogP contribution in [0.15, 0.2) is 35.3 Å². The van der Waals surface area contributed by atoms with Gasteiger partial charge in [0, 0.05) is 23.1 Å². The molecule has 3 aromatic rings. The molecule has 1 aromatic carbocycles. The van der Waals surface area contributed by atoms with Gasteiger partial charge in [-0.1, -0.05) is 26.0 Å². The first-order valence-corrected chi connectivity index (χ1v) is 8.92. The molecule has 1 unspecified atom stereocenters. The second-order valence-electron chi connectivity index (χ2n) is 7.70. The van der Waals surface area contributed by atoms with E-state index in [0.29, 0.717) is 23.5 Å². The van der Waals surface area contributed by atoms with Crippen molar-refractivity contribution >= 4 is 16.9 Å². The molecule has 2 aromatic heterocycles. The highest BCUT2D eigenvalue weighted by atomic mass is 16.5. The van der Waals surface area contributed by atoms with Crippen LogP contribution in [0, 0.1) is 5.41 Å². The molecule has 3 heterocycles. The van der Waals surface area contributed by atoms with Crippen molar-refractivity contribution in [2.24, 2.45) is 5.41 Å². The van der Waals surface area contributed by atoms with E-state index in [1.165, 1.54) is 12.3 Å². The number of benzene rings is 1. The summed E-state index contributed by atoms with van der Waals surface area (Å²) in [6.45, 7) is 4.12. The third-order valence-electron chi connectivity index (χ3n) is 5.50. The minimum absolute atomic E-state index is 0.106. The molecule has 2 N–H and O–H groups in total. The Morgan fingerprint density at radius 3 is 2.79 bits per heavy atom. The molecule has 4 rings (SSSR count). The van der Waals surface area contributed by atoms with Crippen molar-refractivity contribution in [2.45, 2.75) is 26.4 Å². The van der Waals surface area contributed by atoms with Crippen LogP contribution < -0.4 is 10.2 Å². The Balaban J connectivity index is 2.08. The Morgan fingerprint density at radius 1 is 1.39 bits per heavy atom. The lowest BCUT2D eigenvalue weighted by atomic mass is 9.83. The van der Waals surface area contributed by atoms with Gasteiger partial charge in [0.2, 0.25) is 0 Å². The van der Waals surface area contributed by atoms with Gasteiger partial charge in [0.05, 0.1) is 37.7 Å². The van der Waals surface area contributed by atoms with E-state index in [0.717, 1.165) is 11.1 Å². The number of hydrogen-bond donors (Lipinski definition) is 2. The highest BCUT2D eigenvalue weighted by Crippen LogP contribution is 2.42. The third-order valence-corrected chi connectivity index (χ3v) is 5.50. The molecule has 1 atom stereocenters. The fourth-order valence-electron chi connectivity index (χ4n) is 3.83. The van der Waals surface area contributed by atoms with Gasteiger partial charge in [-0.05, 0) is 6.07 Å². The maximum absolute atomic E-state index is 12.5. The van der Waals surface area contributed by atoms with Crippen LogP contribution in [0.1, 0.15) is 30.2 Å². The van der Waals surface area contributed by atoms with Gasteiger partial charge in [0.25, 0.3) is 0 Å². The van der Waals surface area contributed by atoms with Crippen LogP contribution in [0.3, 0.4) is 0 Å². The summed E-state index contributed by atoms with van der Waals surface area (Å²) in [7, 11) is 1.57. The molecule has 0 saturated heterocycles. The molecule has 8 nitrogen and oxygen atoms in total. The van der Waals surface area contributed by atoms with Crippen molar-refractivity contribution in [3.05, 3.63) is 46.2 Å². The smallest absolute Gasteiger partial charge is 0.341 e. The summed E-state index contributed by atoms with van der Waals surface area (Å²) in [6, 6.07) is 6.61. The SMILES string of the molecule is COc1cccc2c3n(nc12)CC(C(C)(C)CO)n1cc(C(=O)O)c(=O)cc1-3. The number of aromatic nitrogens is 3. The van der Waals surface area contributed by atoms with Crippen molar-refractivity contribution in [1.82, 2.24) is 14.3 Å². The molecular formula is C20H21N3O5. The number of methoxy groups -OCH3 is 1. The Bertz CT molecular complexity index is 1160. The number of nitrogens with zero attached hydrogens (tertiary/aromatic N) is 3. The summed E-state index contributed by atoms with van der Waals surface area (Å²) < 4.78 is 9.02. The van der Waals surface area contributed by atoms with Crippen LogP contribution in [-0.2, 0) is 6.54 Å². The van der Waals surface area contributed by atoms with Crippen molar-refractivity contribution < 1.29 is 19.7 Å². The van der Waals surface area contributed by atoms with Crippen LogP contribution >= 0.6 is 0 Å². The van der Waals surface area contributed by atoms with Crippen molar-refractivity contribution in [1.29, 1.82) is 0 Å². The second kappa shape index (κ2) is 6.20. The number of ether oxygens (including phenoxy) is 1. The number of aliphatic hydroxyl groups is 1. The first kappa shape index (κ1) is 18.2. The van der Waals surface area contributed by atoms with Gasteiger partial charge in [-0.3, -0.25) is 9.48 Å². The Hall–Kier alpha value is -3.13. The predicted molar refractivity (Wildman–Crippen MR) is 103 cm³/mol. The van der Waals surface area contributed by atoms with E-state index in [-0.39, 0.29) is 18.2 Å². The molecular weight excluding hydrogens is 362 g/mol. The maximum Gasteiger partial charge on any atom is 0.341 e. The summed E-state index contributed by atoms with van der Waals surface area (Å²) in [5.41, 5.74) is 0.544. The summed E-state index contributed by atoms with van der Waals surface area (Å²) in [5.74, 6) is -0.653. The van der Waals surface area contributed by atoms with Gasteiger partial charge in [0.1, 0.15) is 16.8 Å². The quantitative estimate of drug-likeness (QED) is 0.715. The summed E-state index contributed by atoms with van der Waals surface area (Å²) in [4.78, 5) is 24.0. The molecule has 0 saturated carbocycles. The van der Waals surface area contributed by atoms with Crippen LogP contribution in [0.4, 0.5) is 0 Å². The van der Waals surface area contributed by atoms with E-state index < -0.39 is 16.8 Å². The Morgan fingerprint density at radius 2 is 2.14 bits per heavy atom. The lowest BCUT2D eigenvalue weighted by Gasteiger charge is -2.39. The highest BCUT2D eigenvalue weighted by Gasteiger charge is 2.37. The molecule has 0 aliphatic carbocycles. The average Bonchev–Trinajstić information content (AvgIpc) is 3.05. The van der Waals surface area contributed by atoms with Gasteiger partial charge in [-0.2, -0.15) is 5.10 Å². The zero-order valence-corrected chi connectivity index (χ0v) is 15.8. The van der Waals surface area contributed by atoms with Crippen molar-refractivity contribution in [3.63, 3.8) is 0 Å². The zero-order valence-electron chi connectivity index (χ0n) is 15.8. The summed E-state index contributed by atoms with van der Waals surface area (Å²) >= 11 is 0. The maximum atomic E-state index is 12.5. The molecule has 28 heavy (non-hydrogen) atoms. The van der Waals surface area contributed by atoms with Gasteiger partial charge in [-0.25, -0.2) is 4.79 Å². The number of carbonyl (C=O) groups is 1. The Labute approximate surface area is 160 Å². The van der Waals surface area contributed by atoms with E-state index >= 15 is 0 Å². The fraction of sp³-hybridized carbons (Fsp3) is 0.350. The van der Waals surface area contributed by atoms with Gasteiger partial charge in [-0.15, -0.1) is 0 Å². The van der Waals surface area contributed by atoms with E-state index in [9.17, 15) is 19.8 Å². The number of hydrogen-bond acceptors (Lipinski definition) is 5. The third kappa shape index (κ3) is 2.52. The summed E-state index contributed by atoms with van der Waals surface area (Å²) in [6.07, 6.45) is 1.38.